The molecule has 0 radical (unpaired) electrons. The molecule has 0 bridgehead atoms. The molecular weight excluding hydrogens is 276 g/mol. The molecule has 1 heterocycles. The molecule has 0 aliphatic rings. The molecule has 5 nitrogen and oxygen atoms in total. The van der Waals surface area contributed by atoms with Crippen LogP contribution in [0.4, 0.5) is 0 Å². The number of H-pyrrole nitrogens is 1. The van der Waals surface area contributed by atoms with Crippen molar-refractivity contribution in [2.45, 2.75) is 65.6 Å². The fourth-order valence-corrected chi connectivity index (χ4v) is 1.99. The number of aromatic nitrogens is 2. The number of unbranched alkanes of at least 4 members (excludes halogenated alkanes) is 1. The summed E-state index contributed by atoms with van der Waals surface area (Å²) in [7, 11) is 0. The van der Waals surface area contributed by atoms with Gasteiger partial charge in [-0.05, 0) is 27.2 Å². The van der Waals surface area contributed by atoms with Gasteiger partial charge in [0.2, 0.25) is 5.91 Å². The Morgan fingerprint density at radius 1 is 1.40 bits per heavy atom. The summed E-state index contributed by atoms with van der Waals surface area (Å²) in [5, 5.41) is 6.50. The van der Waals surface area contributed by atoms with Crippen molar-refractivity contribution in [3.63, 3.8) is 0 Å². The molecule has 1 aromatic rings. The van der Waals surface area contributed by atoms with Gasteiger partial charge < -0.3 is 15.6 Å². The average Bonchev–Trinajstić information content (AvgIpc) is 2.73. The van der Waals surface area contributed by atoms with Crippen LogP contribution in [0.3, 0.4) is 0 Å². The van der Waals surface area contributed by atoms with E-state index >= 15 is 0 Å². The maximum atomic E-state index is 11.8. The van der Waals surface area contributed by atoms with Crippen LogP contribution >= 0.6 is 11.6 Å². The Morgan fingerprint density at radius 3 is 2.70 bits per heavy atom. The third-order valence-electron chi connectivity index (χ3n) is 2.95. The quantitative estimate of drug-likeness (QED) is 0.690. The number of rotatable bonds is 8. The first-order valence-corrected chi connectivity index (χ1v) is 7.58. The number of nitrogens with one attached hydrogen (secondary N) is 3. The maximum Gasteiger partial charge on any atom is 0.237 e. The highest BCUT2D eigenvalue weighted by Crippen LogP contribution is 2.14. The third kappa shape index (κ3) is 5.51. The van der Waals surface area contributed by atoms with Gasteiger partial charge in [0.1, 0.15) is 5.82 Å². The standard InChI is InChI=1S/C14H25ClN4O/c1-5-6-7-12-18-11(13(15)19-12)8-16-10(4)14(20)17-9(2)3/h9-10,16H,5-8H2,1-4H3,(H,17,20)(H,18,19). The minimum atomic E-state index is -0.268. The molecule has 0 aliphatic heterocycles. The Bertz CT molecular complexity index is 431. The molecule has 1 rings (SSSR count). The number of halogens is 1. The van der Waals surface area contributed by atoms with E-state index in [2.05, 4.69) is 27.5 Å². The van der Waals surface area contributed by atoms with Crippen molar-refractivity contribution in [1.29, 1.82) is 0 Å². The number of hydrogen-bond acceptors (Lipinski definition) is 3. The molecule has 0 aromatic carbocycles. The molecule has 1 atom stereocenters. The Balaban J connectivity index is 2.48. The summed E-state index contributed by atoms with van der Waals surface area (Å²) >= 11 is 6.09. The number of amides is 1. The van der Waals surface area contributed by atoms with Crippen LogP contribution in [0.5, 0.6) is 0 Å². The van der Waals surface area contributed by atoms with E-state index in [1.54, 1.807) is 0 Å². The number of aryl methyl sites for hydroxylation is 1. The molecule has 0 aliphatic carbocycles. The number of imidazole rings is 1. The Hall–Kier alpha value is -1.07. The first-order valence-electron chi connectivity index (χ1n) is 7.21. The van der Waals surface area contributed by atoms with Crippen molar-refractivity contribution in [2.24, 2.45) is 0 Å². The molecular formula is C14H25ClN4O. The van der Waals surface area contributed by atoms with Gasteiger partial charge in [-0.25, -0.2) is 4.98 Å². The van der Waals surface area contributed by atoms with Gasteiger partial charge in [-0.3, -0.25) is 4.79 Å². The summed E-state index contributed by atoms with van der Waals surface area (Å²) < 4.78 is 0. The fourth-order valence-electron chi connectivity index (χ4n) is 1.78. The van der Waals surface area contributed by atoms with E-state index in [0.717, 1.165) is 30.8 Å². The monoisotopic (exact) mass is 300 g/mol. The van der Waals surface area contributed by atoms with Gasteiger partial charge in [0.05, 0.1) is 11.7 Å². The molecule has 6 heteroatoms. The van der Waals surface area contributed by atoms with Crippen LogP contribution in [0.2, 0.25) is 5.15 Å². The van der Waals surface area contributed by atoms with E-state index in [1.807, 2.05) is 20.8 Å². The van der Waals surface area contributed by atoms with Crippen molar-refractivity contribution >= 4 is 17.5 Å². The Morgan fingerprint density at radius 2 is 2.10 bits per heavy atom. The highest BCUT2D eigenvalue weighted by Gasteiger charge is 2.14. The second kappa shape index (κ2) is 8.27. The normalized spacial score (nSPS) is 12.7. The van der Waals surface area contributed by atoms with E-state index in [-0.39, 0.29) is 18.0 Å². The molecule has 114 valence electrons. The number of aromatic amines is 1. The molecule has 1 amide bonds. The molecule has 0 saturated heterocycles. The lowest BCUT2D eigenvalue weighted by Gasteiger charge is -2.15. The highest BCUT2D eigenvalue weighted by molar-refractivity contribution is 6.30. The zero-order chi connectivity index (χ0) is 15.1. The van der Waals surface area contributed by atoms with Crippen molar-refractivity contribution < 1.29 is 4.79 Å². The van der Waals surface area contributed by atoms with Crippen LogP contribution in [-0.2, 0) is 17.8 Å². The van der Waals surface area contributed by atoms with Gasteiger partial charge in [0.15, 0.2) is 5.15 Å². The van der Waals surface area contributed by atoms with Crippen LogP contribution in [0, 0.1) is 0 Å². The van der Waals surface area contributed by atoms with Gasteiger partial charge >= 0.3 is 0 Å². The molecule has 1 aromatic heterocycles. The van der Waals surface area contributed by atoms with Crippen LogP contribution < -0.4 is 10.6 Å². The average molecular weight is 301 g/mol. The largest absolute Gasteiger partial charge is 0.353 e. The second-order valence-electron chi connectivity index (χ2n) is 5.32. The number of carbonyl (C=O) groups excluding carboxylic acids is 1. The van der Waals surface area contributed by atoms with Crippen LogP contribution in [0.25, 0.3) is 0 Å². The lowest BCUT2D eigenvalue weighted by molar-refractivity contribution is -0.123. The SMILES string of the molecule is CCCCc1nc(Cl)c(CNC(C)C(=O)NC(C)C)[nH]1. The van der Waals surface area contributed by atoms with Crippen molar-refractivity contribution in [3.05, 3.63) is 16.7 Å². The van der Waals surface area contributed by atoms with E-state index < -0.39 is 0 Å². The zero-order valence-corrected chi connectivity index (χ0v) is 13.5. The first kappa shape index (κ1) is 17.0. The van der Waals surface area contributed by atoms with Crippen molar-refractivity contribution in [2.75, 3.05) is 0 Å². The first-order chi connectivity index (χ1) is 9.43. The summed E-state index contributed by atoms with van der Waals surface area (Å²) in [6.45, 7) is 8.36. The van der Waals surface area contributed by atoms with Crippen molar-refractivity contribution in [3.8, 4) is 0 Å². The summed E-state index contributed by atoms with van der Waals surface area (Å²) in [4.78, 5) is 19.3. The fraction of sp³-hybridized carbons (Fsp3) is 0.714. The second-order valence-corrected chi connectivity index (χ2v) is 5.68. The molecule has 3 N–H and O–H groups in total. The lowest BCUT2D eigenvalue weighted by Crippen LogP contribution is -2.44. The summed E-state index contributed by atoms with van der Waals surface area (Å²) in [5.41, 5.74) is 0.835. The lowest BCUT2D eigenvalue weighted by atomic mass is 10.2. The van der Waals surface area contributed by atoms with Gasteiger partial charge in [-0.2, -0.15) is 0 Å². The van der Waals surface area contributed by atoms with Gasteiger partial charge in [0, 0.05) is 19.0 Å². The van der Waals surface area contributed by atoms with Crippen LogP contribution in [0.1, 0.15) is 52.1 Å². The maximum absolute atomic E-state index is 11.8. The third-order valence-corrected chi connectivity index (χ3v) is 3.27. The van der Waals surface area contributed by atoms with E-state index in [0.29, 0.717) is 11.7 Å². The number of carbonyl (C=O) groups is 1. The van der Waals surface area contributed by atoms with Crippen LogP contribution in [-0.4, -0.2) is 28.0 Å². The van der Waals surface area contributed by atoms with Crippen LogP contribution in [0.15, 0.2) is 0 Å². The highest BCUT2D eigenvalue weighted by atomic mass is 35.5. The zero-order valence-electron chi connectivity index (χ0n) is 12.7. The summed E-state index contributed by atoms with van der Waals surface area (Å²) in [6.07, 6.45) is 3.11. The predicted octanol–water partition coefficient (Wildman–Crippen LogP) is 2.41. The minimum Gasteiger partial charge on any atom is -0.353 e. The van der Waals surface area contributed by atoms with E-state index in [9.17, 15) is 4.79 Å². The predicted molar refractivity (Wildman–Crippen MR) is 81.8 cm³/mol. The number of nitrogens with zero attached hydrogens (tertiary/aromatic N) is 1. The topological polar surface area (TPSA) is 69.8 Å². The van der Waals surface area contributed by atoms with Crippen molar-refractivity contribution in [1.82, 2.24) is 20.6 Å². The molecule has 0 spiro atoms. The smallest absolute Gasteiger partial charge is 0.237 e. The molecule has 0 saturated carbocycles. The van der Waals surface area contributed by atoms with Gasteiger partial charge in [-0.15, -0.1) is 0 Å². The summed E-state index contributed by atoms with van der Waals surface area (Å²) in [5.74, 6) is 0.898. The molecule has 0 fully saturated rings. The van der Waals surface area contributed by atoms with E-state index in [1.165, 1.54) is 0 Å². The molecule has 20 heavy (non-hydrogen) atoms. The number of hydrogen-bond donors (Lipinski definition) is 3. The molecule has 1 unspecified atom stereocenters. The Labute approximate surface area is 125 Å². The summed E-state index contributed by atoms with van der Waals surface area (Å²) in [6, 6.07) is -0.126. The van der Waals surface area contributed by atoms with Gasteiger partial charge in [0.25, 0.3) is 0 Å². The van der Waals surface area contributed by atoms with Gasteiger partial charge in [-0.1, -0.05) is 24.9 Å². The Kier molecular flexibility index (Phi) is 7.02. The minimum absolute atomic E-state index is 0.0122. The van der Waals surface area contributed by atoms with E-state index in [4.69, 9.17) is 11.6 Å².